The average Bonchev–Trinajstić information content (AvgIpc) is 3.38. The molecule has 1 aromatic carbocycles. The first-order valence-electron chi connectivity index (χ1n) is 7.23. The quantitative estimate of drug-likeness (QED) is 0.507. The van der Waals surface area contributed by atoms with Crippen molar-refractivity contribution in [2.75, 3.05) is 37.1 Å². The van der Waals surface area contributed by atoms with Crippen LogP contribution in [0.5, 0.6) is 0 Å². The van der Waals surface area contributed by atoms with Crippen molar-refractivity contribution in [3.05, 3.63) is 18.2 Å². The summed E-state index contributed by atoms with van der Waals surface area (Å²) < 4.78 is 15.9. The summed E-state index contributed by atoms with van der Waals surface area (Å²) in [6.07, 6.45) is 1.42. The summed E-state index contributed by atoms with van der Waals surface area (Å²) in [4.78, 5) is 4.06. The monoisotopic (exact) mass is 342 g/mol. The maximum absolute atomic E-state index is 5.30. The summed E-state index contributed by atoms with van der Waals surface area (Å²) >= 11 is 5.71. The van der Waals surface area contributed by atoms with Crippen LogP contribution in [0.15, 0.2) is 32.9 Å². The van der Waals surface area contributed by atoms with E-state index in [0.29, 0.717) is 18.3 Å². The Morgan fingerprint density at radius 1 is 0.667 bits per heavy atom. The van der Waals surface area contributed by atoms with E-state index in [9.17, 15) is 0 Å². The molecule has 0 spiro atoms. The minimum absolute atomic E-state index is 0.474. The van der Waals surface area contributed by atoms with E-state index < -0.39 is 0 Å². The average molecular weight is 343 g/mol. The molecule has 0 N–H and O–H groups in total. The molecule has 1 aromatic rings. The number of epoxide rings is 3. The first-order chi connectivity index (χ1) is 10.3. The van der Waals surface area contributed by atoms with Crippen molar-refractivity contribution >= 4 is 35.3 Å². The number of hydrogen-bond acceptors (Lipinski definition) is 6. The van der Waals surface area contributed by atoms with E-state index in [1.54, 1.807) is 0 Å². The van der Waals surface area contributed by atoms with Crippen molar-refractivity contribution in [2.24, 2.45) is 0 Å². The second-order valence-corrected chi connectivity index (χ2v) is 8.72. The third-order valence-electron chi connectivity index (χ3n) is 3.37. The Bertz CT molecular complexity index is 415. The zero-order chi connectivity index (χ0) is 14.1. The molecule has 4 rings (SSSR count). The van der Waals surface area contributed by atoms with Gasteiger partial charge in [-0.15, -0.1) is 35.3 Å². The van der Waals surface area contributed by atoms with Crippen LogP contribution in [0.3, 0.4) is 0 Å². The van der Waals surface area contributed by atoms with E-state index in [2.05, 4.69) is 18.2 Å². The summed E-state index contributed by atoms with van der Waals surface area (Å²) in [7, 11) is 0. The maximum atomic E-state index is 5.30. The summed E-state index contributed by atoms with van der Waals surface area (Å²) in [5, 5.41) is 0. The van der Waals surface area contributed by atoms with Crippen molar-refractivity contribution < 1.29 is 14.2 Å². The summed E-state index contributed by atoms with van der Waals surface area (Å²) in [5.74, 6) is 3.20. The lowest BCUT2D eigenvalue weighted by Gasteiger charge is -2.08. The van der Waals surface area contributed by atoms with Crippen molar-refractivity contribution in [3.8, 4) is 0 Å². The van der Waals surface area contributed by atoms with Crippen LogP contribution in [-0.4, -0.2) is 55.4 Å². The first kappa shape index (κ1) is 14.7. The molecule has 114 valence electrons. The van der Waals surface area contributed by atoms with Gasteiger partial charge in [0.1, 0.15) is 0 Å². The molecule has 0 radical (unpaired) electrons. The molecule has 3 heterocycles. The molecule has 0 aromatic heterocycles. The van der Waals surface area contributed by atoms with E-state index in [1.807, 2.05) is 35.3 Å². The summed E-state index contributed by atoms with van der Waals surface area (Å²) in [5.41, 5.74) is 0. The fourth-order valence-corrected chi connectivity index (χ4v) is 5.05. The number of benzene rings is 1. The van der Waals surface area contributed by atoms with Gasteiger partial charge in [-0.05, 0) is 18.2 Å². The Balaban J connectivity index is 1.40. The second-order valence-electron chi connectivity index (χ2n) is 5.44. The number of thioether (sulfide) groups is 3. The summed E-state index contributed by atoms with van der Waals surface area (Å²) in [6, 6.07) is 6.91. The van der Waals surface area contributed by atoms with Crippen molar-refractivity contribution in [1.29, 1.82) is 0 Å². The largest absolute Gasteiger partial charge is 0.372 e. The van der Waals surface area contributed by atoms with E-state index >= 15 is 0 Å². The Labute approximate surface area is 137 Å². The zero-order valence-corrected chi connectivity index (χ0v) is 14.1. The molecular weight excluding hydrogens is 324 g/mol. The lowest BCUT2D eigenvalue weighted by Crippen LogP contribution is -1.93. The van der Waals surface area contributed by atoms with Crippen LogP contribution < -0.4 is 0 Å². The van der Waals surface area contributed by atoms with Crippen LogP contribution in [0.25, 0.3) is 0 Å². The lowest BCUT2D eigenvalue weighted by atomic mass is 10.4. The van der Waals surface area contributed by atoms with Gasteiger partial charge in [0.05, 0.1) is 38.1 Å². The fraction of sp³-hybridized carbons (Fsp3) is 0.600. The third kappa shape index (κ3) is 5.08. The molecule has 0 aliphatic carbocycles. The molecule has 3 unspecified atom stereocenters. The van der Waals surface area contributed by atoms with Gasteiger partial charge in [0.2, 0.25) is 0 Å². The smallest absolute Gasteiger partial charge is 0.0903 e. The lowest BCUT2D eigenvalue weighted by molar-refractivity contribution is 0.426. The zero-order valence-electron chi connectivity index (χ0n) is 11.7. The third-order valence-corrected chi connectivity index (χ3v) is 6.69. The van der Waals surface area contributed by atoms with Gasteiger partial charge in [0.25, 0.3) is 0 Å². The highest BCUT2D eigenvalue weighted by Crippen LogP contribution is 2.35. The Kier molecular flexibility index (Phi) is 4.71. The number of rotatable bonds is 9. The molecular formula is C15H18O3S3. The molecule has 0 amide bonds. The fourth-order valence-electron chi connectivity index (χ4n) is 1.86. The van der Waals surface area contributed by atoms with Gasteiger partial charge in [-0.2, -0.15) is 0 Å². The van der Waals surface area contributed by atoms with Crippen molar-refractivity contribution in [3.63, 3.8) is 0 Å². The molecule has 6 heteroatoms. The molecule has 0 saturated carbocycles. The highest BCUT2D eigenvalue weighted by Gasteiger charge is 2.25. The van der Waals surface area contributed by atoms with Crippen LogP contribution in [0, 0.1) is 0 Å². The molecule has 0 bridgehead atoms. The van der Waals surface area contributed by atoms with Crippen molar-refractivity contribution in [2.45, 2.75) is 33.0 Å². The van der Waals surface area contributed by atoms with Gasteiger partial charge >= 0.3 is 0 Å². The molecule has 3 aliphatic heterocycles. The predicted molar refractivity (Wildman–Crippen MR) is 87.8 cm³/mol. The van der Waals surface area contributed by atoms with Gasteiger partial charge in [0.15, 0.2) is 0 Å². The van der Waals surface area contributed by atoms with Crippen LogP contribution in [0.4, 0.5) is 0 Å². The Morgan fingerprint density at radius 3 is 1.19 bits per heavy atom. The van der Waals surface area contributed by atoms with Gasteiger partial charge in [-0.1, -0.05) is 0 Å². The normalized spacial score (nSPS) is 29.4. The minimum Gasteiger partial charge on any atom is -0.372 e. The number of hydrogen-bond donors (Lipinski definition) is 0. The van der Waals surface area contributed by atoms with E-state index in [1.165, 1.54) is 14.7 Å². The Morgan fingerprint density at radius 2 is 0.952 bits per heavy atom. The second kappa shape index (κ2) is 6.72. The Hall–Kier alpha value is 0.150. The molecule has 3 aliphatic rings. The van der Waals surface area contributed by atoms with Gasteiger partial charge in [-0.25, -0.2) is 0 Å². The predicted octanol–water partition coefficient (Wildman–Crippen LogP) is 3.16. The number of ether oxygens (including phenoxy) is 3. The van der Waals surface area contributed by atoms with Gasteiger partial charge < -0.3 is 14.2 Å². The maximum Gasteiger partial charge on any atom is 0.0903 e. The first-order valence-corrected chi connectivity index (χ1v) is 10.2. The molecule has 21 heavy (non-hydrogen) atoms. The van der Waals surface area contributed by atoms with Crippen LogP contribution in [0.2, 0.25) is 0 Å². The van der Waals surface area contributed by atoms with Crippen LogP contribution >= 0.6 is 35.3 Å². The van der Waals surface area contributed by atoms with Crippen molar-refractivity contribution in [1.82, 2.24) is 0 Å². The topological polar surface area (TPSA) is 37.6 Å². The van der Waals surface area contributed by atoms with Gasteiger partial charge in [0, 0.05) is 31.9 Å². The molecule has 3 nitrogen and oxygen atoms in total. The molecule has 3 saturated heterocycles. The molecule has 3 atom stereocenters. The van der Waals surface area contributed by atoms with Crippen LogP contribution in [0.1, 0.15) is 0 Å². The minimum atomic E-state index is 0.474. The van der Waals surface area contributed by atoms with Gasteiger partial charge in [-0.3, -0.25) is 0 Å². The van der Waals surface area contributed by atoms with E-state index in [4.69, 9.17) is 14.2 Å². The van der Waals surface area contributed by atoms with E-state index in [-0.39, 0.29) is 0 Å². The highest BCUT2D eigenvalue weighted by molar-refractivity contribution is 8.00. The standard InChI is InChI=1S/C15H18O3S3/c1-13(19-7-10-4-16-10)2-15(21-9-12-6-18-12)3-14(1)20-8-11-5-17-11/h1-3,10-12H,4-9H2. The highest BCUT2D eigenvalue weighted by atomic mass is 32.2. The van der Waals surface area contributed by atoms with Crippen LogP contribution in [-0.2, 0) is 14.2 Å². The van der Waals surface area contributed by atoms with E-state index in [0.717, 1.165) is 37.1 Å². The SMILES string of the molecule is c1c(SCC2CO2)cc(SCC2CO2)cc1SCC1CO1. The molecule has 3 fully saturated rings. The summed E-state index contributed by atoms with van der Waals surface area (Å²) in [6.45, 7) is 2.79.